The van der Waals surface area contributed by atoms with Crippen LogP contribution in [0.15, 0.2) is 41.4 Å². The second-order valence-corrected chi connectivity index (χ2v) is 6.54. The van der Waals surface area contributed by atoms with Gasteiger partial charge < -0.3 is 5.32 Å². The van der Waals surface area contributed by atoms with Crippen LogP contribution in [0, 0.1) is 6.92 Å². The summed E-state index contributed by atoms with van der Waals surface area (Å²) in [6.45, 7) is 4.39. The van der Waals surface area contributed by atoms with E-state index in [0.717, 1.165) is 5.56 Å². The minimum Gasteiger partial charge on any atom is -0.369 e. The van der Waals surface area contributed by atoms with Crippen LogP contribution in [0.25, 0.3) is 0 Å². The van der Waals surface area contributed by atoms with Crippen LogP contribution in [0.4, 0.5) is 11.5 Å². The van der Waals surface area contributed by atoms with E-state index in [1.165, 1.54) is 12.3 Å². The maximum atomic E-state index is 12.3. The van der Waals surface area contributed by atoms with Crippen LogP contribution < -0.4 is 10.0 Å². The lowest BCUT2D eigenvalue weighted by Gasteiger charge is -2.11. The van der Waals surface area contributed by atoms with Gasteiger partial charge in [0.2, 0.25) is 0 Å². The van der Waals surface area contributed by atoms with E-state index in [1.54, 1.807) is 12.1 Å². The number of hydrogen-bond acceptors (Lipinski definition) is 4. The Morgan fingerprint density at radius 3 is 2.62 bits per heavy atom. The van der Waals surface area contributed by atoms with E-state index in [4.69, 9.17) is 11.6 Å². The van der Waals surface area contributed by atoms with Gasteiger partial charge in [0.1, 0.15) is 10.7 Å². The molecule has 2 rings (SSSR count). The Labute approximate surface area is 129 Å². The number of benzene rings is 1. The van der Waals surface area contributed by atoms with E-state index in [-0.39, 0.29) is 9.92 Å². The maximum absolute atomic E-state index is 12.3. The molecule has 2 aromatic rings. The summed E-state index contributed by atoms with van der Waals surface area (Å²) in [6.07, 6.45) is 1.28. The van der Waals surface area contributed by atoms with Crippen molar-refractivity contribution in [2.45, 2.75) is 18.7 Å². The molecule has 0 fully saturated rings. The summed E-state index contributed by atoms with van der Waals surface area (Å²) in [4.78, 5) is 4.06. The minimum atomic E-state index is -3.71. The van der Waals surface area contributed by atoms with Crippen molar-refractivity contribution in [3.63, 3.8) is 0 Å². The van der Waals surface area contributed by atoms with Crippen molar-refractivity contribution in [1.29, 1.82) is 0 Å². The zero-order chi connectivity index (χ0) is 15.5. The van der Waals surface area contributed by atoms with E-state index in [0.29, 0.717) is 18.1 Å². The molecule has 0 saturated carbocycles. The van der Waals surface area contributed by atoms with Crippen molar-refractivity contribution < 1.29 is 8.42 Å². The number of rotatable bonds is 5. The Bertz CT molecular complexity index is 748. The molecule has 0 radical (unpaired) electrons. The molecule has 5 nitrogen and oxygen atoms in total. The smallest absolute Gasteiger partial charge is 0.263 e. The summed E-state index contributed by atoms with van der Waals surface area (Å²) < 4.78 is 27.2. The lowest BCUT2D eigenvalue weighted by Crippen LogP contribution is -2.14. The number of pyridine rings is 1. The van der Waals surface area contributed by atoms with E-state index in [2.05, 4.69) is 15.0 Å². The lowest BCUT2D eigenvalue weighted by molar-refractivity contribution is 0.601. The van der Waals surface area contributed by atoms with Gasteiger partial charge in [-0.3, -0.25) is 4.72 Å². The SMILES string of the molecule is CCNc1ncc(S(=O)(=O)Nc2ccccc2C)cc1Cl. The van der Waals surface area contributed by atoms with E-state index < -0.39 is 10.0 Å². The van der Waals surface area contributed by atoms with E-state index in [1.807, 2.05) is 26.0 Å². The molecule has 0 saturated heterocycles. The van der Waals surface area contributed by atoms with Gasteiger partial charge in [0.25, 0.3) is 10.0 Å². The van der Waals surface area contributed by atoms with Gasteiger partial charge in [-0.1, -0.05) is 29.8 Å². The predicted octanol–water partition coefficient (Wildman–Crippen LogP) is 3.28. The zero-order valence-corrected chi connectivity index (χ0v) is 13.3. The number of aryl methyl sites for hydroxylation is 1. The maximum Gasteiger partial charge on any atom is 0.263 e. The number of hydrogen-bond donors (Lipinski definition) is 2. The third-order valence-corrected chi connectivity index (χ3v) is 4.48. The summed E-state index contributed by atoms with van der Waals surface area (Å²) in [6, 6.07) is 8.53. The second kappa shape index (κ2) is 6.32. The van der Waals surface area contributed by atoms with Crippen LogP contribution in [0.3, 0.4) is 0 Å². The molecule has 112 valence electrons. The van der Waals surface area contributed by atoms with Crippen LogP contribution in [0.2, 0.25) is 5.02 Å². The van der Waals surface area contributed by atoms with Crippen molar-refractivity contribution in [2.75, 3.05) is 16.6 Å². The number of aromatic nitrogens is 1. The largest absolute Gasteiger partial charge is 0.369 e. The molecule has 2 N–H and O–H groups in total. The first-order valence-corrected chi connectivity index (χ1v) is 8.28. The highest BCUT2D eigenvalue weighted by molar-refractivity contribution is 7.92. The lowest BCUT2D eigenvalue weighted by atomic mass is 10.2. The highest BCUT2D eigenvalue weighted by Crippen LogP contribution is 2.24. The fraction of sp³-hybridized carbons (Fsp3) is 0.214. The number of nitrogens with one attached hydrogen (secondary N) is 2. The van der Waals surface area contributed by atoms with Crippen molar-refractivity contribution in [3.8, 4) is 0 Å². The van der Waals surface area contributed by atoms with Crippen LogP contribution >= 0.6 is 11.6 Å². The summed E-state index contributed by atoms with van der Waals surface area (Å²) >= 11 is 6.03. The molecule has 0 bridgehead atoms. The van der Waals surface area contributed by atoms with Crippen LogP contribution in [-0.2, 0) is 10.0 Å². The second-order valence-electron chi connectivity index (χ2n) is 4.45. The number of nitrogens with zero attached hydrogens (tertiary/aromatic N) is 1. The van der Waals surface area contributed by atoms with E-state index in [9.17, 15) is 8.42 Å². The molecule has 1 aromatic carbocycles. The first-order chi connectivity index (χ1) is 9.94. The van der Waals surface area contributed by atoms with Gasteiger partial charge in [-0.15, -0.1) is 0 Å². The molecule has 21 heavy (non-hydrogen) atoms. The van der Waals surface area contributed by atoms with Crippen molar-refractivity contribution in [3.05, 3.63) is 47.1 Å². The average Bonchev–Trinajstić information content (AvgIpc) is 2.43. The predicted molar refractivity (Wildman–Crippen MR) is 85.4 cm³/mol. The topological polar surface area (TPSA) is 71.1 Å². The molecule has 0 atom stereocenters. The van der Waals surface area contributed by atoms with E-state index >= 15 is 0 Å². The van der Waals surface area contributed by atoms with Gasteiger partial charge in [-0.2, -0.15) is 0 Å². The summed E-state index contributed by atoms with van der Waals surface area (Å²) in [5.74, 6) is 0.467. The fourth-order valence-corrected chi connectivity index (χ4v) is 3.15. The number of anilines is 2. The summed E-state index contributed by atoms with van der Waals surface area (Å²) in [5, 5.41) is 3.22. The van der Waals surface area contributed by atoms with Gasteiger partial charge in [-0.05, 0) is 31.5 Å². The Morgan fingerprint density at radius 1 is 1.29 bits per heavy atom. The molecule has 7 heteroatoms. The Hall–Kier alpha value is -1.79. The van der Waals surface area contributed by atoms with Crippen molar-refractivity contribution in [2.24, 2.45) is 0 Å². The Balaban J connectivity index is 2.32. The standard InChI is InChI=1S/C14H16ClN3O2S/c1-3-16-14-12(15)8-11(9-17-14)21(19,20)18-13-7-5-4-6-10(13)2/h4-9,18H,3H2,1-2H3,(H,16,17). The molecule has 1 aromatic heterocycles. The normalized spacial score (nSPS) is 11.2. The Kier molecular flexibility index (Phi) is 4.69. The van der Waals surface area contributed by atoms with Crippen LogP contribution in [0.5, 0.6) is 0 Å². The molecule has 0 aliphatic carbocycles. The van der Waals surface area contributed by atoms with Gasteiger partial charge in [0.05, 0.1) is 10.7 Å². The molecule has 0 amide bonds. The molecule has 1 heterocycles. The summed E-state index contributed by atoms with van der Waals surface area (Å²) in [7, 11) is -3.71. The van der Waals surface area contributed by atoms with Gasteiger partial charge in [0.15, 0.2) is 0 Å². The zero-order valence-electron chi connectivity index (χ0n) is 11.7. The minimum absolute atomic E-state index is 0.0254. The third-order valence-electron chi connectivity index (χ3n) is 2.86. The quantitative estimate of drug-likeness (QED) is 0.885. The first-order valence-electron chi connectivity index (χ1n) is 6.42. The first kappa shape index (κ1) is 15.6. The highest BCUT2D eigenvalue weighted by Gasteiger charge is 2.17. The monoisotopic (exact) mass is 325 g/mol. The molecule has 0 spiro atoms. The fourth-order valence-electron chi connectivity index (χ4n) is 1.76. The third kappa shape index (κ3) is 3.65. The Morgan fingerprint density at radius 2 is 2.00 bits per heavy atom. The molecule has 0 aliphatic rings. The highest BCUT2D eigenvalue weighted by atomic mass is 35.5. The number of halogens is 1. The van der Waals surface area contributed by atoms with Crippen LogP contribution in [0.1, 0.15) is 12.5 Å². The number of para-hydroxylation sites is 1. The van der Waals surface area contributed by atoms with Gasteiger partial charge in [0, 0.05) is 12.7 Å². The van der Waals surface area contributed by atoms with Crippen molar-refractivity contribution in [1.82, 2.24) is 4.98 Å². The molecule has 0 aliphatic heterocycles. The molecular weight excluding hydrogens is 310 g/mol. The number of sulfonamides is 1. The van der Waals surface area contributed by atoms with Gasteiger partial charge in [-0.25, -0.2) is 13.4 Å². The van der Waals surface area contributed by atoms with Crippen molar-refractivity contribution >= 4 is 33.1 Å². The van der Waals surface area contributed by atoms with Gasteiger partial charge >= 0.3 is 0 Å². The summed E-state index contributed by atoms with van der Waals surface area (Å²) in [5.41, 5.74) is 1.37. The average molecular weight is 326 g/mol. The molecule has 0 unspecified atom stereocenters. The van der Waals surface area contributed by atoms with Crippen LogP contribution in [-0.4, -0.2) is 19.9 Å². The molecular formula is C14H16ClN3O2S.